The molecule has 0 bridgehead atoms. The van der Waals surface area contributed by atoms with Crippen molar-refractivity contribution in [3.8, 4) is 5.75 Å². The maximum absolute atomic E-state index is 13.7. The Kier molecular flexibility index (Phi) is 11.3. The summed E-state index contributed by atoms with van der Waals surface area (Å²) in [7, 11) is 1.30. The summed E-state index contributed by atoms with van der Waals surface area (Å²) in [5.74, 6) is 0.168. The summed E-state index contributed by atoms with van der Waals surface area (Å²) < 4.78 is 10.1. The lowest BCUT2D eigenvalue weighted by Gasteiger charge is -2.37. The lowest BCUT2D eigenvalue weighted by Crippen LogP contribution is -2.52. The Morgan fingerprint density at radius 2 is 1.39 bits per heavy atom. The van der Waals surface area contributed by atoms with E-state index in [1.807, 2.05) is 47.6 Å². The molecule has 0 heterocycles. The van der Waals surface area contributed by atoms with E-state index in [1.54, 1.807) is 24.3 Å². The van der Waals surface area contributed by atoms with E-state index in [4.69, 9.17) is 9.47 Å². The van der Waals surface area contributed by atoms with Gasteiger partial charge in [0.25, 0.3) is 0 Å². The normalized spacial score (nSPS) is 16.3. The lowest BCUT2D eigenvalue weighted by molar-refractivity contribution is -0.134. The summed E-state index contributed by atoms with van der Waals surface area (Å²) in [6.45, 7) is 11.2. The van der Waals surface area contributed by atoms with Crippen LogP contribution in [-0.2, 0) is 14.3 Å². The molecular weight excluding hydrogens is 484 g/mol. The summed E-state index contributed by atoms with van der Waals surface area (Å²) in [4.78, 5) is 52.0. The van der Waals surface area contributed by atoms with Gasteiger partial charge in [0.2, 0.25) is 0 Å². The van der Waals surface area contributed by atoms with Crippen LogP contribution in [0, 0.1) is 22.7 Å². The second kappa shape index (κ2) is 13.8. The van der Waals surface area contributed by atoms with Crippen molar-refractivity contribution in [3.63, 3.8) is 0 Å². The van der Waals surface area contributed by atoms with Crippen molar-refractivity contribution in [1.82, 2.24) is 10.6 Å². The number of hydrogen-bond donors (Lipinski definition) is 2. The van der Waals surface area contributed by atoms with E-state index in [2.05, 4.69) is 10.6 Å². The fraction of sp³-hybridized carbons (Fsp3) is 0.667. The number of carbonyl (C=O) groups is 4. The third-order valence-corrected chi connectivity index (χ3v) is 7.75. The van der Waals surface area contributed by atoms with Gasteiger partial charge in [0.1, 0.15) is 5.75 Å². The second-order valence-electron chi connectivity index (χ2n) is 12.1. The van der Waals surface area contributed by atoms with Crippen molar-refractivity contribution in [1.29, 1.82) is 0 Å². The Morgan fingerprint density at radius 1 is 0.842 bits per heavy atom. The molecule has 1 fully saturated rings. The van der Waals surface area contributed by atoms with Crippen LogP contribution < -0.4 is 15.4 Å². The number of para-hydroxylation sites is 1. The molecule has 8 heteroatoms. The average Bonchev–Trinajstić information content (AvgIpc) is 2.89. The van der Waals surface area contributed by atoms with Gasteiger partial charge in [-0.15, -0.1) is 0 Å². The Hall–Kier alpha value is -2.90. The number of methoxy groups -OCH3 is 1. The third-order valence-electron chi connectivity index (χ3n) is 7.75. The van der Waals surface area contributed by atoms with Crippen molar-refractivity contribution >= 4 is 23.8 Å². The highest BCUT2D eigenvalue weighted by Gasteiger charge is 2.42. The zero-order valence-electron chi connectivity index (χ0n) is 24.1. The van der Waals surface area contributed by atoms with Gasteiger partial charge in [0, 0.05) is 10.8 Å². The number of benzene rings is 1. The molecular formula is C30H46N2O6. The predicted octanol–water partition coefficient (Wildman–Crippen LogP) is 6.08. The van der Waals surface area contributed by atoms with E-state index in [1.165, 1.54) is 7.11 Å². The molecule has 2 rings (SSSR count). The number of nitrogens with one attached hydrogen (secondary N) is 2. The number of hydrogen-bond acceptors (Lipinski definition) is 6. The maximum atomic E-state index is 13.7. The van der Waals surface area contributed by atoms with Gasteiger partial charge in [-0.05, 0) is 49.7 Å². The first-order valence-corrected chi connectivity index (χ1v) is 13.7. The maximum Gasteiger partial charge on any atom is 0.413 e. The van der Waals surface area contributed by atoms with Gasteiger partial charge in [-0.1, -0.05) is 79.0 Å². The summed E-state index contributed by atoms with van der Waals surface area (Å²) in [6.07, 6.45) is 4.61. The first-order chi connectivity index (χ1) is 17.8. The Morgan fingerprint density at radius 3 is 1.92 bits per heavy atom. The number of alkyl carbamates (subject to hydrolysis) is 1. The first-order valence-electron chi connectivity index (χ1n) is 13.7. The lowest BCUT2D eigenvalue weighted by atomic mass is 9.69. The van der Waals surface area contributed by atoms with Crippen LogP contribution in [-0.4, -0.2) is 42.9 Å². The number of amides is 2. The van der Waals surface area contributed by atoms with Crippen molar-refractivity contribution in [3.05, 3.63) is 30.3 Å². The predicted molar refractivity (Wildman–Crippen MR) is 147 cm³/mol. The molecule has 212 valence electrons. The Labute approximate surface area is 227 Å². The number of rotatable bonds is 12. The minimum Gasteiger partial charge on any atom is -0.453 e. The largest absolute Gasteiger partial charge is 0.453 e. The van der Waals surface area contributed by atoms with Gasteiger partial charge in [0.05, 0.1) is 19.2 Å². The van der Waals surface area contributed by atoms with Crippen molar-refractivity contribution in [2.75, 3.05) is 7.11 Å². The first kappa shape index (κ1) is 31.3. The summed E-state index contributed by atoms with van der Waals surface area (Å²) in [5, 5.41) is 5.54. The molecule has 38 heavy (non-hydrogen) atoms. The van der Waals surface area contributed by atoms with E-state index in [9.17, 15) is 19.2 Å². The van der Waals surface area contributed by atoms with Crippen LogP contribution in [0.4, 0.5) is 9.59 Å². The number of ketones is 2. The highest BCUT2D eigenvalue weighted by molar-refractivity contribution is 5.93. The van der Waals surface area contributed by atoms with Gasteiger partial charge >= 0.3 is 12.2 Å². The number of ether oxygens (including phenoxy) is 2. The van der Waals surface area contributed by atoms with Crippen LogP contribution in [0.1, 0.15) is 86.5 Å². The van der Waals surface area contributed by atoms with Gasteiger partial charge in [-0.2, -0.15) is 0 Å². The molecule has 2 atom stereocenters. The molecule has 0 saturated heterocycles. The smallest absolute Gasteiger partial charge is 0.413 e. The standard InChI is InChI=1S/C30H46N2O6/c1-20(2)23(31-28(36)38-22-16-12-9-13-17-22)25(33)29(3,4)18-19-30(5,6)26(34)24(32-27(35)37-7)21-14-10-8-11-15-21/h9,12-13,16-17,20-21,23-24H,8,10-11,14-15,18-19H2,1-7H3,(H,31,36)(H,32,35)/t23-,24-/m0/s1. The molecule has 1 saturated carbocycles. The quantitative estimate of drug-likeness (QED) is 0.339. The molecule has 0 spiro atoms. The zero-order chi connectivity index (χ0) is 28.5. The highest BCUT2D eigenvalue weighted by Crippen LogP contribution is 2.37. The molecule has 1 aromatic rings. The molecule has 0 radical (unpaired) electrons. The Bertz CT molecular complexity index is 951. The van der Waals surface area contributed by atoms with Crippen molar-refractivity contribution in [2.45, 2.75) is 98.6 Å². The third kappa shape index (κ3) is 8.84. The molecule has 2 N–H and O–H groups in total. The monoisotopic (exact) mass is 530 g/mol. The fourth-order valence-electron chi connectivity index (χ4n) is 5.05. The average molecular weight is 531 g/mol. The molecule has 2 amide bonds. The van der Waals surface area contributed by atoms with Crippen LogP contribution in [0.15, 0.2) is 30.3 Å². The fourth-order valence-corrected chi connectivity index (χ4v) is 5.05. The molecule has 0 aliphatic heterocycles. The van der Waals surface area contributed by atoms with E-state index < -0.39 is 35.1 Å². The van der Waals surface area contributed by atoms with Crippen LogP contribution in [0.5, 0.6) is 5.75 Å². The molecule has 1 aliphatic rings. The van der Waals surface area contributed by atoms with Crippen LogP contribution in [0.3, 0.4) is 0 Å². The van der Waals surface area contributed by atoms with Crippen molar-refractivity contribution < 1.29 is 28.7 Å². The summed E-state index contributed by atoms with van der Waals surface area (Å²) in [5.41, 5.74) is -1.57. The van der Waals surface area contributed by atoms with Crippen molar-refractivity contribution in [2.24, 2.45) is 22.7 Å². The highest BCUT2D eigenvalue weighted by atomic mass is 16.6. The summed E-state index contributed by atoms with van der Waals surface area (Å²) in [6, 6.07) is 7.33. The Balaban J connectivity index is 2.09. The molecule has 1 aliphatic carbocycles. The van der Waals surface area contributed by atoms with E-state index in [0.717, 1.165) is 32.1 Å². The van der Waals surface area contributed by atoms with Crippen LogP contribution >= 0.6 is 0 Å². The van der Waals surface area contributed by atoms with Gasteiger partial charge in [0.15, 0.2) is 11.6 Å². The van der Waals surface area contributed by atoms with Gasteiger partial charge < -0.3 is 20.1 Å². The zero-order valence-corrected chi connectivity index (χ0v) is 24.1. The summed E-state index contributed by atoms with van der Waals surface area (Å²) >= 11 is 0. The van der Waals surface area contributed by atoms with Gasteiger partial charge in [-0.25, -0.2) is 9.59 Å². The minimum atomic E-state index is -0.803. The van der Waals surface area contributed by atoms with Gasteiger partial charge in [-0.3, -0.25) is 9.59 Å². The second-order valence-corrected chi connectivity index (χ2v) is 12.1. The molecule has 1 aromatic carbocycles. The molecule has 8 nitrogen and oxygen atoms in total. The van der Waals surface area contributed by atoms with E-state index in [0.29, 0.717) is 18.6 Å². The molecule has 0 unspecified atom stereocenters. The number of Topliss-reactive ketones (excluding diaryl/α,β-unsaturated/α-hetero) is 2. The minimum absolute atomic E-state index is 0.0389. The van der Waals surface area contributed by atoms with E-state index in [-0.39, 0.29) is 23.4 Å². The van der Waals surface area contributed by atoms with Crippen LogP contribution in [0.2, 0.25) is 0 Å². The SMILES string of the molecule is COC(=O)N[C@H](C(=O)C(C)(C)CCC(C)(C)C(=O)[C@@H](NC(=O)Oc1ccccc1)C(C)C)C1CCCCC1. The van der Waals surface area contributed by atoms with Crippen LogP contribution in [0.25, 0.3) is 0 Å². The number of carbonyl (C=O) groups excluding carboxylic acids is 4. The van der Waals surface area contributed by atoms with E-state index >= 15 is 0 Å². The topological polar surface area (TPSA) is 111 Å². The molecule has 0 aromatic heterocycles.